The van der Waals surface area contributed by atoms with E-state index in [1.165, 1.54) is 0 Å². The van der Waals surface area contributed by atoms with Gasteiger partial charge in [0.25, 0.3) is 0 Å². The lowest BCUT2D eigenvalue weighted by atomic mass is 10.1. The average molecular weight is 194 g/mol. The molecule has 0 aliphatic carbocycles. The lowest BCUT2D eigenvalue weighted by Crippen LogP contribution is -2.22. The van der Waals surface area contributed by atoms with E-state index in [1.54, 1.807) is 12.1 Å². The van der Waals surface area contributed by atoms with Gasteiger partial charge >= 0.3 is 0 Å². The van der Waals surface area contributed by atoms with Gasteiger partial charge in [-0.05, 0) is 44.9 Å². The molecule has 1 rings (SSSR count). The average Bonchev–Trinajstić information content (AvgIpc) is 1.99. The molecule has 0 spiro atoms. The molecule has 0 amide bonds. The van der Waals surface area contributed by atoms with Crippen molar-refractivity contribution < 1.29 is 9.84 Å². The van der Waals surface area contributed by atoms with Crippen LogP contribution in [0.2, 0.25) is 0 Å². The van der Waals surface area contributed by atoms with Crippen molar-refractivity contribution in [2.75, 3.05) is 0 Å². The lowest BCUT2D eigenvalue weighted by Gasteiger charge is -2.21. The molecule has 0 aliphatic rings. The highest BCUT2D eigenvalue weighted by atomic mass is 16.5. The monoisotopic (exact) mass is 194 g/mol. The number of aromatic hydroxyl groups is 1. The Bertz CT molecular complexity index is 311. The third-order valence-electron chi connectivity index (χ3n) is 1.78. The zero-order chi connectivity index (χ0) is 10.8. The summed E-state index contributed by atoms with van der Waals surface area (Å²) in [5.74, 6) is 0.998. The molecule has 0 aromatic heterocycles. The van der Waals surface area contributed by atoms with Crippen molar-refractivity contribution >= 4 is 0 Å². The van der Waals surface area contributed by atoms with Crippen molar-refractivity contribution in [2.24, 2.45) is 0 Å². The number of aryl methyl sites for hydroxylation is 1. The largest absolute Gasteiger partial charge is 0.508 e. The van der Waals surface area contributed by atoms with Crippen LogP contribution in [0.5, 0.6) is 11.5 Å². The molecule has 78 valence electrons. The summed E-state index contributed by atoms with van der Waals surface area (Å²) in [6.07, 6.45) is 0.898. The maximum Gasteiger partial charge on any atom is 0.124 e. The molecule has 2 heteroatoms. The summed E-state index contributed by atoms with van der Waals surface area (Å²) in [7, 11) is 0. The Balaban J connectivity index is 2.92. The minimum absolute atomic E-state index is 0.223. The van der Waals surface area contributed by atoms with E-state index in [0.717, 1.165) is 17.7 Å². The first-order valence-electron chi connectivity index (χ1n) is 4.92. The van der Waals surface area contributed by atoms with E-state index in [-0.39, 0.29) is 11.4 Å². The Kier molecular flexibility index (Phi) is 3.04. The van der Waals surface area contributed by atoms with E-state index in [0.29, 0.717) is 0 Å². The highest BCUT2D eigenvalue weighted by Crippen LogP contribution is 2.25. The molecule has 1 aromatic carbocycles. The van der Waals surface area contributed by atoms with Gasteiger partial charge in [0, 0.05) is 6.07 Å². The van der Waals surface area contributed by atoms with Crippen LogP contribution in [-0.4, -0.2) is 10.7 Å². The molecule has 0 atom stereocenters. The minimum atomic E-state index is -0.223. The minimum Gasteiger partial charge on any atom is -0.508 e. The molecule has 0 aliphatic heterocycles. The molecular weight excluding hydrogens is 176 g/mol. The molecule has 0 saturated carbocycles. The predicted molar refractivity (Wildman–Crippen MR) is 57.9 cm³/mol. The van der Waals surface area contributed by atoms with E-state index in [4.69, 9.17) is 4.74 Å². The van der Waals surface area contributed by atoms with Crippen LogP contribution in [0.4, 0.5) is 0 Å². The number of phenolic OH excluding ortho intramolecular Hbond substituents is 1. The van der Waals surface area contributed by atoms with Gasteiger partial charge in [0.15, 0.2) is 0 Å². The summed E-state index contributed by atoms with van der Waals surface area (Å²) in [4.78, 5) is 0. The van der Waals surface area contributed by atoms with Crippen molar-refractivity contribution in [1.82, 2.24) is 0 Å². The van der Waals surface area contributed by atoms with E-state index < -0.39 is 0 Å². The van der Waals surface area contributed by atoms with Crippen LogP contribution < -0.4 is 4.74 Å². The van der Waals surface area contributed by atoms with Gasteiger partial charge in [0.2, 0.25) is 0 Å². The molecule has 14 heavy (non-hydrogen) atoms. The summed E-state index contributed by atoms with van der Waals surface area (Å²) in [5.41, 5.74) is 0.864. The van der Waals surface area contributed by atoms with E-state index in [2.05, 4.69) is 6.92 Å². The topological polar surface area (TPSA) is 29.5 Å². The maximum atomic E-state index is 9.44. The first-order chi connectivity index (χ1) is 6.40. The molecule has 1 N–H and O–H groups in total. The quantitative estimate of drug-likeness (QED) is 0.783. The zero-order valence-corrected chi connectivity index (χ0v) is 9.29. The molecule has 0 bridgehead atoms. The molecule has 0 saturated heterocycles. The smallest absolute Gasteiger partial charge is 0.124 e. The van der Waals surface area contributed by atoms with Gasteiger partial charge in [-0.2, -0.15) is 0 Å². The Morgan fingerprint density at radius 1 is 1.21 bits per heavy atom. The second-order valence-electron chi connectivity index (χ2n) is 4.40. The summed E-state index contributed by atoms with van der Waals surface area (Å²) < 4.78 is 5.66. The van der Waals surface area contributed by atoms with Gasteiger partial charge < -0.3 is 9.84 Å². The van der Waals surface area contributed by atoms with Crippen molar-refractivity contribution in [2.45, 2.75) is 39.7 Å². The number of phenols is 1. The Morgan fingerprint density at radius 2 is 1.86 bits per heavy atom. The van der Waals surface area contributed by atoms with Crippen LogP contribution in [0.25, 0.3) is 0 Å². The first-order valence-corrected chi connectivity index (χ1v) is 4.92. The van der Waals surface area contributed by atoms with E-state index >= 15 is 0 Å². The van der Waals surface area contributed by atoms with E-state index in [9.17, 15) is 5.11 Å². The number of ether oxygens (including phenoxy) is 1. The fourth-order valence-electron chi connectivity index (χ4n) is 1.26. The van der Waals surface area contributed by atoms with Crippen LogP contribution in [0.1, 0.15) is 33.3 Å². The van der Waals surface area contributed by atoms with Crippen molar-refractivity contribution in [3.8, 4) is 11.5 Å². The molecular formula is C12H18O2. The van der Waals surface area contributed by atoms with Gasteiger partial charge in [-0.15, -0.1) is 0 Å². The van der Waals surface area contributed by atoms with Gasteiger partial charge in [0.1, 0.15) is 17.1 Å². The Hall–Kier alpha value is -1.18. The normalized spacial score (nSPS) is 11.4. The van der Waals surface area contributed by atoms with Gasteiger partial charge in [-0.1, -0.05) is 6.92 Å². The van der Waals surface area contributed by atoms with Crippen molar-refractivity contribution in [3.05, 3.63) is 23.8 Å². The van der Waals surface area contributed by atoms with Crippen molar-refractivity contribution in [3.63, 3.8) is 0 Å². The number of rotatable bonds is 2. The third kappa shape index (κ3) is 3.29. The second kappa shape index (κ2) is 3.91. The van der Waals surface area contributed by atoms with E-state index in [1.807, 2.05) is 26.8 Å². The lowest BCUT2D eigenvalue weighted by molar-refractivity contribution is 0.130. The summed E-state index contributed by atoms with van der Waals surface area (Å²) >= 11 is 0. The number of benzene rings is 1. The van der Waals surface area contributed by atoms with Crippen LogP contribution in [0.3, 0.4) is 0 Å². The second-order valence-corrected chi connectivity index (χ2v) is 4.40. The maximum absolute atomic E-state index is 9.44. The van der Waals surface area contributed by atoms with Gasteiger partial charge in [-0.3, -0.25) is 0 Å². The fourth-order valence-corrected chi connectivity index (χ4v) is 1.26. The van der Waals surface area contributed by atoms with Crippen LogP contribution >= 0.6 is 0 Å². The zero-order valence-electron chi connectivity index (χ0n) is 9.29. The summed E-state index contributed by atoms with van der Waals surface area (Å²) in [5, 5.41) is 9.44. The highest BCUT2D eigenvalue weighted by molar-refractivity contribution is 5.37. The molecule has 1 aromatic rings. The summed E-state index contributed by atoms with van der Waals surface area (Å²) in [6, 6.07) is 5.37. The molecule has 2 nitrogen and oxygen atoms in total. The third-order valence-corrected chi connectivity index (χ3v) is 1.78. The van der Waals surface area contributed by atoms with Crippen LogP contribution in [-0.2, 0) is 6.42 Å². The van der Waals surface area contributed by atoms with Crippen molar-refractivity contribution in [1.29, 1.82) is 0 Å². The first kappa shape index (κ1) is 10.9. The summed E-state index contributed by atoms with van der Waals surface area (Å²) in [6.45, 7) is 8.02. The molecule has 0 fully saturated rings. The van der Waals surface area contributed by atoms with Gasteiger partial charge in [-0.25, -0.2) is 0 Å². The predicted octanol–water partition coefficient (Wildman–Crippen LogP) is 3.13. The molecule has 0 unspecified atom stereocenters. The number of hydrogen-bond acceptors (Lipinski definition) is 2. The fraction of sp³-hybridized carbons (Fsp3) is 0.500. The number of hydrogen-bond donors (Lipinski definition) is 1. The SMILES string of the molecule is CCc1cc(O)cc(OC(C)(C)C)c1. The van der Waals surface area contributed by atoms with Crippen LogP contribution in [0, 0.1) is 0 Å². The van der Waals surface area contributed by atoms with Crippen LogP contribution in [0.15, 0.2) is 18.2 Å². The Morgan fingerprint density at radius 3 is 2.36 bits per heavy atom. The van der Waals surface area contributed by atoms with Gasteiger partial charge in [0.05, 0.1) is 0 Å². The standard InChI is InChI=1S/C12H18O2/c1-5-9-6-10(13)8-11(7-9)14-12(2,3)4/h6-8,13H,5H2,1-4H3. The Labute approximate surface area is 85.5 Å². The molecule has 0 radical (unpaired) electrons. The highest BCUT2D eigenvalue weighted by Gasteiger charge is 2.12. The molecule has 0 heterocycles.